The average molecular weight is 291 g/mol. The van der Waals surface area contributed by atoms with E-state index in [9.17, 15) is 5.11 Å². The van der Waals surface area contributed by atoms with E-state index in [1.165, 1.54) is 5.56 Å². The van der Waals surface area contributed by atoms with Crippen LogP contribution >= 0.6 is 0 Å². The molecule has 0 saturated carbocycles. The molecule has 2 rings (SSSR count). The van der Waals surface area contributed by atoms with Crippen LogP contribution in [0, 0.1) is 5.41 Å². The van der Waals surface area contributed by atoms with E-state index in [1.807, 2.05) is 12.1 Å². The Bertz CT molecular complexity index is 458. The summed E-state index contributed by atoms with van der Waals surface area (Å²) in [4.78, 5) is 0. The van der Waals surface area contributed by atoms with Crippen molar-refractivity contribution in [3.63, 3.8) is 0 Å². The lowest BCUT2D eigenvalue weighted by Crippen LogP contribution is -2.43. The van der Waals surface area contributed by atoms with Crippen LogP contribution in [0.1, 0.15) is 58.6 Å². The molecule has 2 N–H and O–H groups in total. The number of hydrogen-bond donors (Lipinski definition) is 2. The minimum Gasteiger partial charge on any atom is -0.487 e. The van der Waals surface area contributed by atoms with Gasteiger partial charge >= 0.3 is 0 Å². The van der Waals surface area contributed by atoms with Crippen LogP contribution in [-0.4, -0.2) is 23.9 Å². The van der Waals surface area contributed by atoms with Gasteiger partial charge in [0.2, 0.25) is 0 Å². The molecular formula is C18H29NO2. The number of rotatable bonds is 6. The van der Waals surface area contributed by atoms with Gasteiger partial charge in [0.15, 0.2) is 0 Å². The highest BCUT2D eigenvalue weighted by molar-refractivity contribution is 5.38. The highest BCUT2D eigenvalue weighted by atomic mass is 16.5. The first kappa shape index (κ1) is 16.3. The first-order valence-corrected chi connectivity index (χ1v) is 8.07. The molecule has 0 aliphatic carbocycles. The van der Waals surface area contributed by atoms with E-state index in [2.05, 4.69) is 45.1 Å². The van der Waals surface area contributed by atoms with Gasteiger partial charge in [0, 0.05) is 36.6 Å². The molecule has 0 amide bonds. The Hall–Kier alpha value is -1.06. The lowest BCUT2D eigenvalue weighted by atomic mass is 9.82. The van der Waals surface area contributed by atoms with Gasteiger partial charge in [-0.15, -0.1) is 0 Å². The lowest BCUT2D eigenvalue weighted by Gasteiger charge is -2.40. The Labute approximate surface area is 128 Å². The highest BCUT2D eigenvalue weighted by Crippen LogP contribution is 2.39. The number of fused-ring (bicyclic) bond motifs is 1. The number of aliphatic hydroxyl groups excluding tert-OH is 1. The molecule has 3 heteroatoms. The van der Waals surface area contributed by atoms with Gasteiger partial charge in [-0.25, -0.2) is 0 Å². The monoisotopic (exact) mass is 291 g/mol. The van der Waals surface area contributed by atoms with Crippen molar-refractivity contribution in [1.82, 2.24) is 5.32 Å². The molecule has 1 atom stereocenters. The van der Waals surface area contributed by atoms with Crippen LogP contribution in [0.15, 0.2) is 24.3 Å². The molecule has 0 radical (unpaired) electrons. The Morgan fingerprint density at radius 3 is 2.57 bits per heavy atom. The van der Waals surface area contributed by atoms with E-state index in [1.54, 1.807) is 0 Å². The predicted molar refractivity (Wildman–Crippen MR) is 86.6 cm³/mol. The molecule has 21 heavy (non-hydrogen) atoms. The van der Waals surface area contributed by atoms with Gasteiger partial charge in [-0.2, -0.15) is 0 Å². The summed E-state index contributed by atoms with van der Waals surface area (Å²) in [7, 11) is 0. The molecule has 0 saturated heterocycles. The molecule has 1 heterocycles. The fourth-order valence-corrected chi connectivity index (χ4v) is 3.10. The summed E-state index contributed by atoms with van der Waals surface area (Å²) < 4.78 is 6.07. The van der Waals surface area contributed by atoms with Crippen LogP contribution in [0.25, 0.3) is 0 Å². The summed E-state index contributed by atoms with van der Waals surface area (Å²) in [5.41, 5.74) is 1.06. The van der Waals surface area contributed by atoms with Crippen molar-refractivity contribution in [3.05, 3.63) is 29.8 Å². The number of para-hydroxylation sites is 1. The van der Waals surface area contributed by atoms with Crippen molar-refractivity contribution in [3.8, 4) is 5.75 Å². The highest BCUT2D eigenvalue weighted by Gasteiger charge is 2.35. The van der Waals surface area contributed by atoms with Crippen LogP contribution < -0.4 is 10.1 Å². The largest absolute Gasteiger partial charge is 0.487 e. The molecule has 118 valence electrons. The second-order valence-electron chi connectivity index (χ2n) is 6.90. The topological polar surface area (TPSA) is 41.5 Å². The Morgan fingerprint density at radius 2 is 1.95 bits per heavy atom. The normalized spacial score (nSPS) is 20.7. The maximum Gasteiger partial charge on any atom is 0.124 e. The van der Waals surface area contributed by atoms with E-state index in [0.717, 1.165) is 31.6 Å². The van der Waals surface area contributed by atoms with Crippen molar-refractivity contribution in [1.29, 1.82) is 0 Å². The van der Waals surface area contributed by atoms with Gasteiger partial charge in [0.1, 0.15) is 11.4 Å². The van der Waals surface area contributed by atoms with Crippen LogP contribution in [0.4, 0.5) is 0 Å². The molecule has 1 aromatic rings. The molecule has 0 bridgehead atoms. The van der Waals surface area contributed by atoms with E-state index >= 15 is 0 Å². The van der Waals surface area contributed by atoms with E-state index in [0.29, 0.717) is 0 Å². The quantitative estimate of drug-likeness (QED) is 0.840. The third kappa shape index (κ3) is 3.58. The SMILES string of the molecule is CCC(CC)(CO)CNC1CC(C)(C)Oc2ccccc21. The summed E-state index contributed by atoms with van der Waals surface area (Å²) in [6, 6.07) is 8.56. The Morgan fingerprint density at radius 1 is 1.29 bits per heavy atom. The fourth-order valence-electron chi connectivity index (χ4n) is 3.10. The second-order valence-corrected chi connectivity index (χ2v) is 6.90. The van der Waals surface area contributed by atoms with Crippen molar-refractivity contribution < 1.29 is 9.84 Å². The standard InChI is InChI=1S/C18H29NO2/c1-5-18(6-2,13-20)12-19-15-11-17(3,4)21-16-10-8-7-9-14(15)16/h7-10,15,19-20H,5-6,11-13H2,1-4H3. The zero-order chi connectivity index (χ0) is 15.5. The van der Waals surface area contributed by atoms with E-state index in [-0.39, 0.29) is 23.7 Å². The Balaban J connectivity index is 2.16. The van der Waals surface area contributed by atoms with Crippen LogP contribution in [0.5, 0.6) is 5.75 Å². The van der Waals surface area contributed by atoms with Gasteiger partial charge in [0.05, 0.1) is 0 Å². The molecule has 3 nitrogen and oxygen atoms in total. The van der Waals surface area contributed by atoms with Gasteiger partial charge in [-0.1, -0.05) is 32.0 Å². The summed E-state index contributed by atoms with van der Waals surface area (Å²) in [5, 5.41) is 13.4. The lowest BCUT2D eigenvalue weighted by molar-refractivity contribution is 0.0569. The first-order valence-electron chi connectivity index (χ1n) is 8.07. The molecule has 1 aromatic carbocycles. The first-order chi connectivity index (χ1) is 9.95. The molecule has 1 unspecified atom stereocenters. The van der Waals surface area contributed by atoms with Gasteiger partial charge in [-0.05, 0) is 32.8 Å². The maximum atomic E-state index is 9.74. The molecule has 0 aromatic heterocycles. The summed E-state index contributed by atoms with van der Waals surface area (Å²) in [5.74, 6) is 0.980. The summed E-state index contributed by atoms with van der Waals surface area (Å²) in [6.07, 6.45) is 2.92. The van der Waals surface area contributed by atoms with E-state index in [4.69, 9.17) is 4.74 Å². The third-order valence-electron chi connectivity index (χ3n) is 4.94. The number of hydrogen-bond acceptors (Lipinski definition) is 3. The molecule has 1 aliphatic heterocycles. The van der Waals surface area contributed by atoms with Gasteiger partial charge in [0.25, 0.3) is 0 Å². The number of ether oxygens (including phenoxy) is 1. The third-order valence-corrected chi connectivity index (χ3v) is 4.94. The predicted octanol–water partition coefficient (Wildman–Crippen LogP) is 3.68. The average Bonchev–Trinajstić information content (AvgIpc) is 2.48. The number of aliphatic hydroxyl groups is 1. The molecule has 0 spiro atoms. The fraction of sp³-hybridized carbons (Fsp3) is 0.667. The van der Waals surface area contributed by atoms with Gasteiger partial charge in [-0.3, -0.25) is 0 Å². The molecule has 0 fully saturated rings. The minimum absolute atomic E-state index is 0.0165. The smallest absolute Gasteiger partial charge is 0.124 e. The Kier molecular flexibility index (Phi) is 4.95. The maximum absolute atomic E-state index is 9.74. The minimum atomic E-state index is -0.160. The van der Waals surface area contributed by atoms with Crippen molar-refractivity contribution in [2.75, 3.05) is 13.2 Å². The van der Waals surface area contributed by atoms with Crippen molar-refractivity contribution in [2.45, 2.75) is 58.6 Å². The molecular weight excluding hydrogens is 262 g/mol. The molecule has 1 aliphatic rings. The van der Waals surface area contributed by atoms with Gasteiger partial charge < -0.3 is 15.2 Å². The summed E-state index contributed by atoms with van der Waals surface area (Å²) in [6.45, 7) is 9.66. The number of nitrogens with one attached hydrogen (secondary N) is 1. The number of benzene rings is 1. The van der Waals surface area contributed by atoms with Crippen molar-refractivity contribution in [2.24, 2.45) is 5.41 Å². The zero-order valence-electron chi connectivity index (χ0n) is 13.8. The van der Waals surface area contributed by atoms with Crippen LogP contribution in [0.2, 0.25) is 0 Å². The summed E-state index contributed by atoms with van der Waals surface area (Å²) >= 11 is 0. The van der Waals surface area contributed by atoms with Crippen LogP contribution in [-0.2, 0) is 0 Å². The van der Waals surface area contributed by atoms with Crippen LogP contribution in [0.3, 0.4) is 0 Å². The van der Waals surface area contributed by atoms with E-state index < -0.39 is 0 Å². The zero-order valence-corrected chi connectivity index (χ0v) is 13.8. The van der Waals surface area contributed by atoms with Crippen molar-refractivity contribution >= 4 is 0 Å². The second kappa shape index (κ2) is 6.37.